The molecule has 2 nitrogen and oxygen atoms in total. The molecule has 0 bridgehead atoms. The molecule has 0 aliphatic heterocycles. The highest BCUT2D eigenvalue weighted by Gasteiger charge is 2.34. The summed E-state index contributed by atoms with van der Waals surface area (Å²) in [6, 6.07) is 20.7. The lowest BCUT2D eigenvalue weighted by molar-refractivity contribution is -0.0100. The summed E-state index contributed by atoms with van der Waals surface area (Å²) >= 11 is 0. The van der Waals surface area contributed by atoms with E-state index in [2.05, 4.69) is 49.2 Å². The molecule has 0 saturated carbocycles. The summed E-state index contributed by atoms with van der Waals surface area (Å²) in [6.07, 6.45) is 6.31. The Morgan fingerprint density at radius 1 is 0.955 bits per heavy atom. The van der Waals surface area contributed by atoms with Gasteiger partial charge in [-0.2, -0.15) is 0 Å². The molecule has 0 atom stereocenters. The first-order chi connectivity index (χ1) is 10.7. The van der Waals surface area contributed by atoms with Crippen LogP contribution in [0.15, 0.2) is 60.7 Å². The van der Waals surface area contributed by atoms with Gasteiger partial charge in [-0.1, -0.05) is 66.6 Å². The molecule has 0 heterocycles. The highest BCUT2D eigenvalue weighted by atomic mass is 16.5. The second kappa shape index (κ2) is 7.79. The molecule has 2 heteroatoms. The average Bonchev–Trinajstić information content (AvgIpc) is 2.57. The van der Waals surface area contributed by atoms with Gasteiger partial charge in [-0.25, -0.2) is 0 Å². The van der Waals surface area contributed by atoms with Crippen molar-refractivity contribution in [3.05, 3.63) is 71.8 Å². The molecule has 114 valence electrons. The molecule has 0 aliphatic carbocycles. The van der Waals surface area contributed by atoms with Crippen LogP contribution >= 0.6 is 0 Å². The van der Waals surface area contributed by atoms with Crippen LogP contribution in [0.5, 0.6) is 0 Å². The zero-order chi connectivity index (χ0) is 15.8. The smallest absolute Gasteiger partial charge is 0.121 e. The molecular weight excluding hydrogens is 270 g/mol. The second-order valence-corrected chi connectivity index (χ2v) is 5.61. The monoisotopic (exact) mass is 293 g/mol. The van der Waals surface area contributed by atoms with Gasteiger partial charge in [0.15, 0.2) is 0 Å². The molecule has 0 aromatic heterocycles. The Morgan fingerprint density at radius 2 is 1.45 bits per heavy atom. The largest absolute Gasteiger partial charge is 0.353 e. The highest BCUT2D eigenvalue weighted by molar-refractivity contribution is 5.36. The van der Waals surface area contributed by atoms with Gasteiger partial charge in [0.05, 0.1) is 0 Å². The molecule has 0 unspecified atom stereocenters. The van der Waals surface area contributed by atoms with Crippen LogP contribution in [0, 0.1) is 12.3 Å². The number of terminal acetylenes is 1. The molecule has 0 amide bonds. The maximum Gasteiger partial charge on any atom is 0.121 e. The SMILES string of the molecule is C#CCOC(CCN(C)C)(c1ccccc1)c1ccccc1. The van der Waals surface area contributed by atoms with E-state index in [0.717, 1.165) is 24.1 Å². The molecule has 0 fully saturated rings. The first kappa shape index (κ1) is 16.3. The standard InChI is InChI=1S/C20H23NO/c1-4-17-22-20(15-16-21(2)3,18-11-7-5-8-12-18)19-13-9-6-10-14-19/h1,5-14H,15-17H2,2-3H3. The first-order valence-electron chi connectivity index (χ1n) is 7.52. The van der Waals surface area contributed by atoms with Crippen LogP contribution in [-0.4, -0.2) is 32.1 Å². The Kier molecular flexibility index (Phi) is 5.77. The number of nitrogens with zero attached hydrogens (tertiary/aromatic N) is 1. The fourth-order valence-electron chi connectivity index (χ4n) is 2.65. The summed E-state index contributed by atoms with van der Waals surface area (Å²) < 4.78 is 6.24. The lowest BCUT2D eigenvalue weighted by atomic mass is 9.83. The lowest BCUT2D eigenvalue weighted by Gasteiger charge is -2.35. The van der Waals surface area contributed by atoms with Crippen LogP contribution in [0.3, 0.4) is 0 Å². The van der Waals surface area contributed by atoms with Crippen molar-refractivity contribution in [1.29, 1.82) is 0 Å². The van der Waals surface area contributed by atoms with Crippen molar-refractivity contribution in [2.24, 2.45) is 0 Å². The predicted octanol–water partition coefficient (Wildman–Crippen LogP) is 3.53. The number of hydrogen-bond acceptors (Lipinski definition) is 2. The van der Waals surface area contributed by atoms with Gasteiger partial charge in [0.2, 0.25) is 0 Å². The van der Waals surface area contributed by atoms with Crippen LogP contribution in [0.1, 0.15) is 17.5 Å². The van der Waals surface area contributed by atoms with Crippen LogP contribution < -0.4 is 0 Å². The minimum absolute atomic E-state index is 0.289. The van der Waals surface area contributed by atoms with E-state index in [0.29, 0.717) is 0 Å². The van der Waals surface area contributed by atoms with Gasteiger partial charge in [0.1, 0.15) is 12.2 Å². The van der Waals surface area contributed by atoms with E-state index in [1.807, 2.05) is 36.4 Å². The Hall–Kier alpha value is -2.08. The zero-order valence-electron chi connectivity index (χ0n) is 13.3. The van der Waals surface area contributed by atoms with Crippen molar-refractivity contribution < 1.29 is 4.74 Å². The van der Waals surface area contributed by atoms with Crippen molar-refractivity contribution in [3.63, 3.8) is 0 Å². The Balaban J connectivity index is 2.50. The number of benzene rings is 2. The van der Waals surface area contributed by atoms with Crippen molar-refractivity contribution >= 4 is 0 Å². The second-order valence-electron chi connectivity index (χ2n) is 5.61. The summed E-state index contributed by atoms with van der Waals surface area (Å²) in [4.78, 5) is 2.17. The molecule has 0 N–H and O–H groups in total. The molecule has 0 spiro atoms. The molecule has 0 saturated heterocycles. The topological polar surface area (TPSA) is 12.5 Å². The average molecular weight is 293 g/mol. The van der Waals surface area contributed by atoms with Crippen molar-refractivity contribution in [2.45, 2.75) is 12.0 Å². The lowest BCUT2D eigenvalue weighted by Crippen LogP contribution is -2.35. The molecular formula is C20H23NO. The number of hydrogen-bond donors (Lipinski definition) is 0. The van der Waals surface area contributed by atoms with Gasteiger partial charge in [-0.15, -0.1) is 6.42 Å². The van der Waals surface area contributed by atoms with Gasteiger partial charge >= 0.3 is 0 Å². The normalized spacial score (nSPS) is 11.4. The zero-order valence-corrected chi connectivity index (χ0v) is 13.3. The van der Waals surface area contributed by atoms with E-state index >= 15 is 0 Å². The van der Waals surface area contributed by atoms with Gasteiger partial charge in [0, 0.05) is 6.54 Å². The van der Waals surface area contributed by atoms with Gasteiger partial charge in [0.25, 0.3) is 0 Å². The summed E-state index contributed by atoms with van der Waals surface area (Å²) in [5, 5.41) is 0. The maximum atomic E-state index is 6.24. The van der Waals surface area contributed by atoms with E-state index in [-0.39, 0.29) is 6.61 Å². The van der Waals surface area contributed by atoms with Gasteiger partial charge < -0.3 is 9.64 Å². The van der Waals surface area contributed by atoms with Crippen LogP contribution in [-0.2, 0) is 10.3 Å². The van der Waals surface area contributed by atoms with E-state index in [1.54, 1.807) is 0 Å². The quantitative estimate of drug-likeness (QED) is 0.724. The third kappa shape index (κ3) is 3.76. The number of rotatable bonds is 7. The molecule has 2 aromatic rings. The van der Waals surface area contributed by atoms with Crippen molar-refractivity contribution in [1.82, 2.24) is 4.90 Å². The number of ether oxygens (including phenoxy) is 1. The van der Waals surface area contributed by atoms with Gasteiger partial charge in [-0.3, -0.25) is 0 Å². The minimum atomic E-state index is -0.515. The Morgan fingerprint density at radius 3 is 1.86 bits per heavy atom. The van der Waals surface area contributed by atoms with Gasteiger partial charge in [-0.05, 0) is 31.6 Å². The molecule has 22 heavy (non-hydrogen) atoms. The minimum Gasteiger partial charge on any atom is -0.353 e. The van der Waals surface area contributed by atoms with Crippen LogP contribution in [0.25, 0.3) is 0 Å². The highest BCUT2D eigenvalue weighted by Crippen LogP contribution is 2.37. The predicted molar refractivity (Wildman–Crippen MR) is 91.6 cm³/mol. The first-order valence-corrected chi connectivity index (χ1v) is 7.52. The fourth-order valence-corrected chi connectivity index (χ4v) is 2.65. The third-order valence-electron chi connectivity index (χ3n) is 3.79. The Labute approximate surface area is 133 Å². The maximum absolute atomic E-state index is 6.24. The molecule has 0 aliphatic rings. The summed E-state index contributed by atoms with van der Waals surface area (Å²) in [5.74, 6) is 2.61. The van der Waals surface area contributed by atoms with Crippen molar-refractivity contribution in [2.75, 3.05) is 27.2 Å². The summed E-state index contributed by atoms with van der Waals surface area (Å²) in [5.41, 5.74) is 1.76. The third-order valence-corrected chi connectivity index (χ3v) is 3.79. The molecule has 2 aromatic carbocycles. The summed E-state index contributed by atoms with van der Waals surface area (Å²) in [6.45, 7) is 1.20. The van der Waals surface area contributed by atoms with E-state index < -0.39 is 5.60 Å². The summed E-state index contributed by atoms with van der Waals surface area (Å²) in [7, 11) is 4.14. The van der Waals surface area contributed by atoms with Crippen LogP contribution in [0.4, 0.5) is 0 Å². The molecule has 2 rings (SSSR count). The van der Waals surface area contributed by atoms with Crippen LogP contribution in [0.2, 0.25) is 0 Å². The van der Waals surface area contributed by atoms with E-state index in [9.17, 15) is 0 Å². The van der Waals surface area contributed by atoms with Crippen molar-refractivity contribution in [3.8, 4) is 12.3 Å². The Bertz CT molecular complexity index is 559. The fraction of sp³-hybridized carbons (Fsp3) is 0.300. The molecule has 0 radical (unpaired) electrons. The van der Waals surface area contributed by atoms with E-state index in [4.69, 9.17) is 11.2 Å². The van der Waals surface area contributed by atoms with E-state index in [1.165, 1.54) is 0 Å².